The van der Waals surface area contributed by atoms with Crippen LogP contribution < -0.4 is 5.32 Å². The lowest BCUT2D eigenvalue weighted by Gasteiger charge is -2.04. The number of nitrogens with zero attached hydrogens (tertiary/aromatic N) is 5. The molecule has 2 aromatic carbocycles. The SMILES string of the molecule is O=C(Nc1cnn(Cc2cccc(Cl)c2)c1)c1ccc(Cn2cc(Cl)c([N+](=O)[O-])n2)cc1. The van der Waals surface area contributed by atoms with Gasteiger partial charge in [0.05, 0.1) is 36.3 Å². The van der Waals surface area contributed by atoms with Crippen LogP contribution in [-0.2, 0) is 13.1 Å². The maximum absolute atomic E-state index is 12.5. The van der Waals surface area contributed by atoms with E-state index in [2.05, 4.69) is 15.5 Å². The van der Waals surface area contributed by atoms with Crippen molar-refractivity contribution in [1.29, 1.82) is 0 Å². The van der Waals surface area contributed by atoms with Crippen molar-refractivity contribution in [2.24, 2.45) is 0 Å². The molecule has 0 unspecified atom stereocenters. The summed E-state index contributed by atoms with van der Waals surface area (Å²) in [6.45, 7) is 0.812. The number of rotatable bonds is 7. The van der Waals surface area contributed by atoms with E-state index in [9.17, 15) is 14.9 Å². The summed E-state index contributed by atoms with van der Waals surface area (Å²) in [4.78, 5) is 22.8. The molecule has 0 atom stereocenters. The highest BCUT2D eigenvalue weighted by Crippen LogP contribution is 2.22. The van der Waals surface area contributed by atoms with Gasteiger partial charge in [-0.2, -0.15) is 9.78 Å². The zero-order valence-electron chi connectivity index (χ0n) is 16.5. The monoisotopic (exact) mass is 470 g/mol. The largest absolute Gasteiger partial charge is 0.408 e. The molecule has 162 valence electrons. The average Bonchev–Trinajstić information content (AvgIpc) is 3.34. The van der Waals surface area contributed by atoms with E-state index in [0.29, 0.717) is 22.8 Å². The van der Waals surface area contributed by atoms with Crippen LogP contribution in [0.25, 0.3) is 0 Å². The van der Waals surface area contributed by atoms with Gasteiger partial charge < -0.3 is 15.4 Å². The molecular weight excluding hydrogens is 455 g/mol. The van der Waals surface area contributed by atoms with Gasteiger partial charge in [-0.1, -0.05) is 47.5 Å². The average molecular weight is 471 g/mol. The fraction of sp³-hybridized carbons (Fsp3) is 0.0952. The summed E-state index contributed by atoms with van der Waals surface area (Å²) in [6.07, 6.45) is 4.70. The number of hydrogen-bond donors (Lipinski definition) is 1. The van der Waals surface area contributed by atoms with E-state index in [1.807, 2.05) is 18.2 Å². The van der Waals surface area contributed by atoms with E-state index < -0.39 is 10.7 Å². The van der Waals surface area contributed by atoms with Gasteiger partial charge in [0.1, 0.15) is 0 Å². The molecule has 32 heavy (non-hydrogen) atoms. The minimum atomic E-state index is -0.636. The maximum atomic E-state index is 12.5. The van der Waals surface area contributed by atoms with Gasteiger partial charge in [0.2, 0.25) is 0 Å². The number of halogens is 2. The van der Waals surface area contributed by atoms with Gasteiger partial charge in [-0.3, -0.25) is 9.48 Å². The molecule has 0 aliphatic rings. The fourth-order valence-electron chi connectivity index (χ4n) is 3.08. The van der Waals surface area contributed by atoms with Crippen LogP contribution in [0.4, 0.5) is 11.5 Å². The Labute approximate surface area is 192 Å². The molecule has 2 aromatic heterocycles. The summed E-state index contributed by atoms with van der Waals surface area (Å²) in [6, 6.07) is 14.3. The molecule has 2 heterocycles. The van der Waals surface area contributed by atoms with Crippen LogP contribution in [0.15, 0.2) is 67.1 Å². The standard InChI is InChI=1S/C21H16Cl2N6O3/c22-17-3-1-2-15(8-17)11-27-12-18(9-24-27)25-21(30)16-6-4-14(5-7-16)10-28-13-19(23)20(26-28)29(31)32/h1-9,12-13H,10-11H2,(H,25,30). The zero-order chi connectivity index (χ0) is 22.7. The first kappa shape index (κ1) is 21.5. The number of nitro groups is 1. The molecule has 0 saturated carbocycles. The number of nitrogens with one attached hydrogen (secondary N) is 1. The summed E-state index contributed by atoms with van der Waals surface area (Å²) in [5.41, 5.74) is 2.84. The Balaban J connectivity index is 1.37. The highest BCUT2D eigenvalue weighted by molar-refractivity contribution is 6.32. The van der Waals surface area contributed by atoms with Crippen LogP contribution in [0.2, 0.25) is 10.0 Å². The van der Waals surface area contributed by atoms with Crippen molar-refractivity contribution in [2.45, 2.75) is 13.1 Å². The third-order valence-corrected chi connectivity index (χ3v) is 5.06. The number of carbonyl (C=O) groups is 1. The Morgan fingerprint density at radius 1 is 1.03 bits per heavy atom. The summed E-state index contributed by atoms with van der Waals surface area (Å²) in [5.74, 6) is -0.671. The van der Waals surface area contributed by atoms with Gasteiger partial charge in [-0.15, -0.1) is 0 Å². The molecule has 11 heteroatoms. The van der Waals surface area contributed by atoms with Crippen LogP contribution in [0.3, 0.4) is 0 Å². The van der Waals surface area contributed by atoms with Crippen LogP contribution in [0, 0.1) is 10.1 Å². The van der Waals surface area contributed by atoms with Gasteiger partial charge in [0.25, 0.3) is 5.91 Å². The summed E-state index contributed by atoms with van der Waals surface area (Å²) in [5, 5.41) is 22.4. The predicted octanol–water partition coefficient (Wildman–Crippen LogP) is 4.64. The molecule has 0 bridgehead atoms. The van der Waals surface area contributed by atoms with Crippen LogP contribution in [0.5, 0.6) is 0 Å². The lowest BCUT2D eigenvalue weighted by Crippen LogP contribution is -2.11. The third-order valence-electron chi connectivity index (χ3n) is 4.56. The Bertz CT molecular complexity index is 1280. The van der Waals surface area contributed by atoms with Crippen molar-refractivity contribution in [3.05, 3.63) is 104 Å². The molecule has 9 nitrogen and oxygen atoms in total. The molecule has 0 aliphatic heterocycles. The molecule has 1 amide bonds. The normalized spacial score (nSPS) is 10.8. The Morgan fingerprint density at radius 3 is 2.47 bits per heavy atom. The zero-order valence-corrected chi connectivity index (χ0v) is 18.0. The molecule has 1 N–H and O–H groups in total. The molecule has 4 rings (SSSR count). The van der Waals surface area contributed by atoms with E-state index in [1.165, 1.54) is 10.9 Å². The van der Waals surface area contributed by atoms with Crippen molar-refractivity contribution in [3.8, 4) is 0 Å². The summed E-state index contributed by atoms with van der Waals surface area (Å²) < 4.78 is 3.09. The topological polar surface area (TPSA) is 108 Å². The minimum absolute atomic E-state index is 0.0260. The highest BCUT2D eigenvalue weighted by atomic mass is 35.5. The molecular formula is C21H16Cl2N6O3. The van der Waals surface area contributed by atoms with Crippen LogP contribution in [-0.4, -0.2) is 30.4 Å². The van der Waals surface area contributed by atoms with Crippen LogP contribution in [0.1, 0.15) is 21.5 Å². The molecule has 0 aliphatic carbocycles. The van der Waals surface area contributed by atoms with E-state index in [1.54, 1.807) is 47.4 Å². The Kier molecular flexibility index (Phi) is 6.20. The molecule has 0 radical (unpaired) electrons. The quantitative estimate of drug-likeness (QED) is 0.312. The van der Waals surface area contributed by atoms with Gasteiger partial charge in [-0.25, -0.2) is 0 Å². The second kappa shape index (κ2) is 9.21. The molecule has 0 fully saturated rings. The smallest absolute Gasteiger partial charge is 0.358 e. The molecule has 0 spiro atoms. The molecule has 4 aromatic rings. The second-order valence-electron chi connectivity index (χ2n) is 6.96. The van der Waals surface area contributed by atoms with Crippen molar-refractivity contribution in [3.63, 3.8) is 0 Å². The van der Waals surface area contributed by atoms with Gasteiger partial charge >= 0.3 is 5.82 Å². The van der Waals surface area contributed by atoms with E-state index in [-0.39, 0.29) is 17.5 Å². The number of aromatic nitrogens is 4. The van der Waals surface area contributed by atoms with Crippen LogP contribution >= 0.6 is 23.2 Å². The number of hydrogen-bond acceptors (Lipinski definition) is 5. The first-order valence-electron chi connectivity index (χ1n) is 9.42. The number of amides is 1. The lowest BCUT2D eigenvalue weighted by molar-refractivity contribution is -0.389. The first-order chi connectivity index (χ1) is 15.4. The van der Waals surface area contributed by atoms with Crippen molar-refractivity contribution in [1.82, 2.24) is 19.6 Å². The van der Waals surface area contributed by atoms with Gasteiger partial charge in [-0.05, 0) is 40.3 Å². The van der Waals surface area contributed by atoms with Crippen molar-refractivity contribution in [2.75, 3.05) is 5.32 Å². The van der Waals surface area contributed by atoms with E-state index >= 15 is 0 Å². The summed E-state index contributed by atoms with van der Waals surface area (Å²) >= 11 is 11.8. The third kappa shape index (κ3) is 5.13. The number of anilines is 1. The van der Waals surface area contributed by atoms with Gasteiger partial charge in [0.15, 0.2) is 5.02 Å². The highest BCUT2D eigenvalue weighted by Gasteiger charge is 2.19. The van der Waals surface area contributed by atoms with Crippen molar-refractivity contribution < 1.29 is 9.72 Å². The minimum Gasteiger partial charge on any atom is -0.358 e. The van der Waals surface area contributed by atoms with E-state index in [0.717, 1.165) is 11.1 Å². The number of benzene rings is 2. The predicted molar refractivity (Wildman–Crippen MR) is 120 cm³/mol. The van der Waals surface area contributed by atoms with E-state index in [4.69, 9.17) is 23.2 Å². The molecule has 0 saturated heterocycles. The fourth-order valence-corrected chi connectivity index (χ4v) is 3.51. The van der Waals surface area contributed by atoms with Gasteiger partial charge in [0, 0.05) is 16.8 Å². The number of carbonyl (C=O) groups excluding carboxylic acids is 1. The first-order valence-corrected chi connectivity index (χ1v) is 10.2. The Hall–Kier alpha value is -3.69. The maximum Gasteiger partial charge on any atom is 0.408 e. The second-order valence-corrected chi connectivity index (χ2v) is 7.81. The summed E-state index contributed by atoms with van der Waals surface area (Å²) in [7, 11) is 0. The van der Waals surface area contributed by atoms with Crippen molar-refractivity contribution >= 4 is 40.6 Å². The Morgan fingerprint density at radius 2 is 1.78 bits per heavy atom. The lowest BCUT2D eigenvalue weighted by atomic mass is 10.1.